The highest BCUT2D eigenvalue weighted by Gasteiger charge is 2.59. The first-order chi connectivity index (χ1) is 13.8. The molecule has 1 saturated heterocycles. The van der Waals surface area contributed by atoms with Crippen molar-refractivity contribution in [2.75, 3.05) is 47.7 Å². The Morgan fingerprint density at radius 2 is 1.90 bits per heavy atom. The van der Waals surface area contributed by atoms with E-state index in [1.165, 1.54) is 21.3 Å². The van der Waals surface area contributed by atoms with Crippen LogP contribution in [0.3, 0.4) is 0 Å². The molecule has 29 heavy (non-hydrogen) atoms. The second kappa shape index (κ2) is 8.24. The van der Waals surface area contributed by atoms with Gasteiger partial charge < -0.3 is 34.4 Å². The minimum Gasteiger partial charge on any atom is -0.493 e. The number of carbonyl (C=O) groups excluding carboxylic acids is 1. The third kappa shape index (κ3) is 3.93. The summed E-state index contributed by atoms with van der Waals surface area (Å²) in [5, 5.41) is 11.0. The number of nitrogens with one attached hydrogen (secondary N) is 2. The maximum absolute atomic E-state index is 12.5. The molecule has 1 aliphatic rings. The average molecular weight is 395 g/mol. The Morgan fingerprint density at radius 1 is 1.17 bits per heavy atom. The van der Waals surface area contributed by atoms with Gasteiger partial charge in [0.15, 0.2) is 11.5 Å². The number of benzene rings is 1. The van der Waals surface area contributed by atoms with Crippen molar-refractivity contribution in [3.63, 3.8) is 0 Å². The van der Waals surface area contributed by atoms with Gasteiger partial charge in [-0.15, -0.1) is 0 Å². The van der Waals surface area contributed by atoms with Crippen molar-refractivity contribution in [3.8, 4) is 17.2 Å². The zero-order valence-electron chi connectivity index (χ0n) is 16.7. The summed E-state index contributed by atoms with van der Waals surface area (Å²) in [5.41, 5.74) is 0.991. The van der Waals surface area contributed by atoms with E-state index in [1.807, 2.05) is 0 Å². The number of rotatable bonds is 10. The number of carbonyl (C=O) groups is 1. The van der Waals surface area contributed by atoms with Crippen LogP contribution in [0.1, 0.15) is 10.5 Å². The zero-order chi connectivity index (χ0) is 21.2. The standard InChI is InChI=1S/C18H22B3N2O6/c1-26-12-7-10-6-11(23-13(10)15(28-3)14(12)27-2)16(25)22-4-5-29-9-18(20)17(19,8-24)21-18/h6-7,23-24H,4-5,8-9H2,1-3H3,(H,22,25). The Labute approximate surface area is 172 Å². The first-order valence-corrected chi connectivity index (χ1v) is 9.05. The molecule has 2 atom stereocenters. The Balaban J connectivity index is 1.60. The predicted octanol–water partition coefficient (Wildman–Crippen LogP) is 0.220. The summed E-state index contributed by atoms with van der Waals surface area (Å²) in [7, 11) is 18.1. The topological polar surface area (TPSA) is 102 Å². The van der Waals surface area contributed by atoms with E-state index < -0.39 is 10.4 Å². The lowest BCUT2D eigenvalue weighted by Gasteiger charge is -2.19. The number of aliphatic hydroxyl groups is 1. The normalized spacial score (nSPS) is 22.8. The zero-order valence-corrected chi connectivity index (χ0v) is 16.7. The molecule has 1 fully saturated rings. The van der Waals surface area contributed by atoms with Gasteiger partial charge in [0.25, 0.3) is 5.91 Å². The molecule has 0 spiro atoms. The molecule has 1 aromatic carbocycles. The summed E-state index contributed by atoms with van der Waals surface area (Å²) in [4.78, 5) is 15.5. The SMILES string of the molecule is [B]C1(CO)[B]C1([B])COCCNC(=O)c1cc2cc(OC)c(OC)c(OC)c2[nH]1. The lowest BCUT2D eigenvalue weighted by Crippen LogP contribution is -2.28. The van der Waals surface area contributed by atoms with E-state index >= 15 is 0 Å². The van der Waals surface area contributed by atoms with Crippen molar-refractivity contribution in [3.05, 3.63) is 17.8 Å². The van der Waals surface area contributed by atoms with Crippen LogP contribution < -0.4 is 19.5 Å². The number of aromatic nitrogens is 1. The lowest BCUT2D eigenvalue weighted by atomic mass is 9.67. The number of hydrogen-bond acceptors (Lipinski definition) is 6. The molecule has 2 heterocycles. The fourth-order valence-electron chi connectivity index (χ4n) is 3.23. The molecular formula is C18H22B3N2O6. The minimum atomic E-state index is -0.901. The number of ether oxygens (including phenoxy) is 4. The molecule has 2 aromatic rings. The maximum atomic E-state index is 12.5. The van der Waals surface area contributed by atoms with Crippen LogP contribution in [-0.2, 0) is 4.74 Å². The van der Waals surface area contributed by atoms with Gasteiger partial charge in [0.1, 0.15) is 13.0 Å². The van der Waals surface area contributed by atoms with Crippen LogP contribution in [0.25, 0.3) is 10.9 Å². The van der Waals surface area contributed by atoms with E-state index in [0.717, 1.165) is 5.39 Å². The fraction of sp³-hybridized carbons (Fsp3) is 0.500. The molecule has 3 rings (SSSR count). The van der Waals surface area contributed by atoms with E-state index in [2.05, 4.69) is 10.3 Å². The Kier molecular flexibility index (Phi) is 6.09. The van der Waals surface area contributed by atoms with E-state index in [-0.39, 0.29) is 32.3 Å². The number of methoxy groups -OCH3 is 3. The van der Waals surface area contributed by atoms with Gasteiger partial charge in [-0.2, -0.15) is 0 Å². The second-order valence-electron chi connectivity index (χ2n) is 6.98. The highest BCUT2D eigenvalue weighted by molar-refractivity contribution is 6.81. The van der Waals surface area contributed by atoms with Gasteiger partial charge in [-0.05, 0) is 12.1 Å². The molecule has 149 valence electrons. The molecule has 1 amide bonds. The molecular weight excluding hydrogens is 373 g/mol. The minimum absolute atomic E-state index is 0.170. The quantitative estimate of drug-likeness (QED) is 0.393. The van der Waals surface area contributed by atoms with Crippen LogP contribution in [0, 0.1) is 0 Å². The molecule has 1 aromatic heterocycles. The predicted molar refractivity (Wildman–Crippen MR) is 111 cm³/mol. The van der Waals surface area contributed by atoms with Crippen molar-refractivity contribution < 1.29 is 28.8 Å². The van der Waals surface area contributed by atoms with Gasteiger partial charge in [-0.25, -0.2) is 0 Å². The van der Waals surface area contributed by atoms with Crippen LogP contribution >= 0.6 is 0 Å². The fourth-order valence-corrected chi connectivity index (χ4v) is 3.23. The van der Waals surface area contributed by atoms with Crippen molar-refractivity contribution in [2.24, 2.45) is 0 Å². The number of amides is 1. The third-order valence-corrected chi connectivity index (χ3v) is 5.10. The Hall–Kier alpha value is -2.26. The van der Waals surface area contributed by atoms with Gasteiger partial charge in [-0.3, -0.25) is 4.79 Å². The number of hydrogen-bond donors (Lipinski definition) is 3. The van der Waals surface area contributed by atoms with Gasteiger partial charge in [0.05, 0.1) is 49.1 Å². The third-order valence-electron chi connectivity index (χ3n) is 5.10. The summed E-state index contributed by atoms with van der Waals surface area (Å²) in [6.07, 6.45) is 0. The van der Waals surface area contributed by atoms with Crippen LogP contribution in [0.5, 0.6) is 17.2 Å². The molecule has 0 bridgehead atoms. The highest BCUT2D eigenvalue weighted by atomic mass is 16.5. The van der Waals surface area contributed by atoms with Crippen LogP contribution in [0.15, 0.2) is 12.1 Å². The lowest BCUT2D eigenvalue weighted by molar-refractivity contribution is 0.0904. The monoisotopic (exact) mass is 395 g/mol. The maximum Gasteiger partial charge on any atom is 0.267 e. The summed E-state index contributed by atoms with van der Waals surface area (Å²) in [6.45, 7) is 0.474. The molecule has 1 aliphatic heterocycles. The number of aromatic amines is 1. The molecule has 2 unspecified atom stereocenters. The number of H-pyrrole nitrogens is 1. The number of aliphatic hydroxyl groups excluding tert-OH is 1. The summed E-state index contributed by atoms with van der Waals surface area (Å²) >= 11 is 0. The van der Waals surface area contributed by atoms with E-state index in [0.29, 0.717) is 28.5 Å². The Bertz CT molecular complexity index is 907. The van der Waals surface area contributed by atoms with Crippen LogP contribution in [0.2, 0.25) is 10.4 Å². The van der Waals surface area contributed by atoms with E-state index in [4.69, 9.17) is 34.6 Å². The molecule has 0 aliphatic carbocycles. The van der Waals surface area contributed by atoms with E-state index in [1.54, 1.807) is 19.4 Å². The van der Waals surface area contributed by atoms with Gasteiger partial charge in [0.2, 0.25) is 5.75 Å². The largest absolute Gasteiger partial charge is 0.493 e. The first kappa shape index (κ1) is 21.5. The van der Waals surface area contributed by atoms with Crippen molar-refractivity contribution in [1.82, 2.24) is 10.3 Å². The molecule has 0 saturated carbocycles. The molecule has 8 nitrogen and oxygen atoms in total. The molecule has 3 N–H and O–H groups in total. The highest BCUT2D eigenvalue weighted by Crippen LogP contribution is 2.63. The summed E-state index contributed by atoms with van der Waals surface area (Å²) in [5.74, 6) is 1.10. The average Bonchev–Trinajstić information content (AvgIpc) is 3.05. The van der Waals surface area contributed by atoms with Crippen molar-refractivity contribution in [1.29, 1.82) is 0 Å². The van der Waals surface area contributed by atoms with Gasteiger partial charge >= 0.3 is 0 Å². The molecule has 5 radical (unpaired) electrons. The summed E-state index contributed by atoms with van der Waals surface area (Å²) in [6, 6.07) is 3.47. The second-order valence-corrected chi connectivity index (χ2v) is 6.98. The number of fused-ring (bicyclic) bond motifs is 1. The first-order valence-electron chi connectivity index (χ1n) is 9.05. The molecule has 11 heteroatoms. The Morgan fingerprint density at radius 3 is 2.48 bits per heavy atom. The smallest absolute Gasteiger partial charge is 0.267 e. The van der Waals surface area contributed by atoms with Crippen LogP contribution in [0.4, 0.5) is 0 Å². The van der Waals surface area contributed by atoms with E-state index in [9.17, 15) is 9.90 Å². The van der Waals surface area contributed by atoms with Gasteiger partial charge in [0, 0.05) is 25.1 Å². The van der Waals surface area contributed by atoms with Crippen LogP contribution in [-0.4, -0.2) is 86.7 Å². The van der Waals surface area contributed by atoms with Crippen molar-refractivity contribution in [2.45, 2.75) is 10.4 Å². The summed E-state index contributed by atoms with van der Waals surface area (Å²) < 4.78 is 21.6. The van der Waals surface area contributed by atoms with Gasteiger partial charge in [-0.1, -0.05) is 10.4 Å². The van der Waals surface area contributed by atoms with Crippen molar-refractivity contribution >= 4 is 39.8 Å².